The third-order valence-electron chi connectivity index (χ3n) is 2.80. The van der Waals surface area contributed by atoms with E-state index in [1.807, 2.05) is 42.5 Å². The summed E-state index contributed by atoms with van der Waals surface area (Å²) in [6, 6.07) is 13.4. The molecule has 0 aromatic heterocycles. The molecule has 2 nitrogen and oxygen atoms in total. The van der Waals surface area contributed by atoms with Gasteiger partial charge in [-0.15, -0.1) is 0 Å². The van der Waals surface area contributed by atoms with E-state index in [0.29, 0.717) is 11.6 Å². The van der Waals surface area contributed by atoms with Crippen molar-refractivity contribution in [1.29, 1.82) is 0 Å². The first-order chi connectivity index (χ1) is 9.19. The largest absolute Gasteiger partial charge is 0.496 e. The Morgan fingerprint density at radius 1 is 0.947 bits per heavy atom. The Labute approximate surface area is 123 Å². The summed E-state index contributed by atoms with van der Waals surface area (Å²) in [6.45, 7) is 1.47. The Hall–Kier alpha value is -1.22. The molecule has 0 aliphatic carbocycles. The normalized spacial score (nSPS) is 10.5. The van der Waals surface area contributed by atoms with Crippen molar-refractivity contribution in [3.63, 3.8) is 0 Å². The molecule has 19 heavy (non-hydrogen) atoms. The molecule has 0 atom stereocenters. The van der Waals surface area contributed by atoms with Crippen LogP contribution in [0.15, 0.2) is 42.5 Å². The lowest BCUT2D eigenvalue weighted by atomic mass is 10.2. The maximum atomic E-state index is 5.99. The Bertz CT molecular complexity index is 540. The molecule has 0 saturated carbocycles. The summed E-state index contributed by atoms with van der Waals surface area (Å²) in [4.78, 5) is 0. The van der Waals surface area contributed by atoms with Gasteiger partial charge in [0.25, 0.3) is 0 Å². The van der Waals surface area contributed by atoms with E-state index in [0.717, 1.165) is 22.9 Å². The van der Waals surface area contributed by atoms with Crippen molar-refractivity contribution in [3.8, 4) is 5.75 Å². The minimum atomic E-state index is 0.701. The maximum absolute atomic E-state index is 5.99. The first kappa shape index (κ1) is 14.2. The fraction of sp³-hybridized carbons (Fsp3) is 0.200. The Kier molecular flexibility index (Phi) is 5.08. The zero-order valence-electron chi connectivity index (χ0n) is 10.6. The smallest absolute Gasteiger partial charge is 0.123 e. The first-order valence-electron chi connectivity index (χ1n) is 5.96. The third kappa shape index (κ3) is 4.13. The van der Waals surface area contributed by atoms with E-state index in [-0.39, 0.29) is 0 Å². The van der Waals surface area contributed by atoms with Crippen LogP contribution in [0, 0.1) is 0 Å². The monoisotopic (exact) mass is 295 g/mol. The highest BCUT2D eigenvalue weighted by molar-refractivity contribution is 6.30. The van der Waals surface area contributed by atoms with E-state index < -0.39 is 0 Å². The SMILES string of the molecule is COc1ccc(Cl)cc1CNCc1ccc(Cl)cc1. The van der Waals surface area contributed by atoms with Gasteiger partial charge in [0.2, 0.25) is 0 Å². The number of rotatable bonds is 5. The summed E-state index contributed by atoms with van der Waals surface area (Å²) in [5, 5.41) is 4.82. The molecule has 0 saturated heterocycles. The van der Waals surface area contributed by atoms with Crippen molar-refractivity contribution in [2.75, 3.05) is 7.11 Å². The van der Waals surface area contributed by atoms with Crippen LogP contribution in [0.25, 0.3) is 0 Å². The van der Waals surface area contributed by atoms with E-state index in [1.165, 1.54) is 5.56 Å². The van der Waals surface area contributed by atoms with Gasteiger partial charge in [0.05, 0.1) is 7.11 Å². The summed E-state index contributed by atoms with van der Waals surface area (Å²) < 4.78 is 5.30. The quantitative estimate of drug-likeness (QED) is 0.888. The van der Waals surface area contributed by atoms with Crippen LogP contribution in [0.2, 0.25) is 10.0 Å². The van der Waals surface area contributed by atoms with Gasteiger partial charge in [-0.25, -0.2) is 0 Å². The molecule has 0 radical (unpaired) electrons. The molecule has 2 aromatic rings. The van der Waals surface area contributed by atoms with Gasteiger partial charge in [-0.3, -0.25) is 0 Å². The van der Waals surface area contributed by atoms with Crippen LogP contribution in [0.4, 0.5) is 0 Å². The van der Waals surface area contributed by atoms with Gasteiger partial charge in [-0.05, 0) is 35.9 Å². The summed E-state index contributed by atoms with van der Waals surface area (Å²) in [7, 11) is 1.66. The molecular weight excluding hydrogens is 281 g/mol. The van der Waals surface area contributed by atoms with Crippen LogP contribution >= 0.6 is 23.2 Å². The molecule has 1 N–H and O–H groups in total. The molecule has 100 valence electrons. The average Bonchev–Trinajstić information content (AvgIpc) is 2.41. The fourth-order valence-electron chi connectivity index (χ4n) is 1.83. The second kappa shape index (κ2) is 6.80. The van der Waals surface area contributed by atoms with Crippen molar-refractivity contribution in [2.45, 2.75) is 13.1 Å². The summed E-state index contributed by atoms with van der Waals surface area (Å²) in [6.07, 6.45) is 0. The van der Waals surface area contributed by atoms with Gasteiger partial charge in [0, 0.05) is 28.7 Å². The molecule has 0 fully saturated rings. The molecule has 0 amide bonds. The van der Waals surface area contributed by atoms with Crippen LogP contribution in [0.5, 0.6) is 5.75 Å². The number of hydrogen-bond acceptors (Lipinski definition) is 2. The van der Waals surface area contributed by atoms with Gasteiger partial charge in [-0.2, -0.15) is 0 Å². The van der Waals surface area contributed by atoms with Crippen molar-refractivity contribution < 1.29 is 4.74 Å². The van der Waals surface area contributed by atoms with Crippen LogP contribution < -0.4 is 10.1 Å². The molecule has 0 bridgehead atoms. The van der Waals surface area contributed by atoms with Crippen molar-refractivity contribution in [3.05, 3.63) is 63.6 Å². The maximum Gasteiger partial charge on any atom is 0.123 e. The minimum absolute atomic E-state index is 0.701. The lowest BCUT2D eigenvalue weighted by molar-refractivity contribution is 0.407. The summed E-state index contributed by atoms with van der Waals surface area (Å²) in [5.41, 5.74) is 2.23. The van der Waals surface area contributed by atoms with Gasteiger partial charge >= 0.3 is 0 Å². The lowest BCUT2D eigenvalue weighted by Crippen LogP contribution is -2.13. The van der Waals surface area contributed by atoms with E-state index >= 15 is 0 Å². The number of nitrogens with one attached hydrogen (secondary N) is 1. The van der Waals surface area contributed by atoms with Crippen LogP contribution in [0.1, 0.15) is 11.1 Å². The van der Waals surface area contributed by atoms with Gasteiger partial charge in [0.15, 0.2) is 0 Å². The van der Waals surface area contributed by atoms with E-state index in [2.05, 4.69) is 5.32 Å². The van der Waals surface area contributed by atoms with Crippen LogP contribution in [-0.2, 0) is 13.1 Å². The molecule has 0 aliphatic rings. The molecule has 2 aromatic carbocycles. The molecule has 0 spiro atoms. The Morgan fingerprint density at radius 2 is 1.63 bits per heavy atom. The van der Waals surface area contributed by atoms with Crippen molar-refractivity contribution >= 4 is 23.2 Å². The molecule has 0 unspecified atom stereocenters. The average molecular weight is 296 g/mol. The Balaban J connectivity index is 1.95. The third-order valence-corrected chi connectivity index (χ3v) is 3.29. The van der Waals surface area contributed by atoms with E-state index in [9.17, 15) is 0 Å². The van der Waals surface area contributed by atoms with E-state index in [4.69, 9.17) is 27.9 Å². The lowest BCUT2D eigenvalue weighted by Gasteiger charge is -2.10. The van der Waals surface area contributed by atoms with Gasteiger partial charge < -0.3 is 10.1 Å². The van der Waals surface area contributed by atoms with Crippen LogP contribution in [0.3, 0.4) is 0 Å². The van der Waals surface area contributed by atoms with Crippen molar-refractivity contribution in [2.24, 2.45) is 0 Å². The number of benzene rings is 2. The van der Waals surface area contributed by atoms with Gasteiger partial charge in [-0.1, -0.05) is 35.3 Å². The molecular formula is C15H15Cl2NO. The highest BCUT2D eigenvalue weighted by Gasteiger charge is 2.03. The number of ether oxygens (including phenoxy) is 1. The topological polar surface area (TPSA) is 21.3 Å². The number of methoxy groups -OCH3 is 1. The highest BCUT2D eigenvalue weighted by Crippen LogP contribution is 2.22. The summed E-state index contributed by atoms with van der Waals surface area (Å²) in [5.74, 6) is 0.841. The van der Waals surface area contributed by atoms with Crippen molar-refractivity contribution in [1.82, 2.24) is 5.32 Å². The fourth-order valence-corrected chi connectivity index (χ4v) is 2.15. The highest BCUT2D eigenvalue weighted by atomic mass is 35.5. The second-order valence-electron chi connectivity index (χ2n) is 4.19. The zero-order valence-corrected chi connectivity index (χ0v) is 12.1. The van der Waals surface area contributed by atoms with E-state index in [1.54, 1.807) is 7.11 Å². The van der Waals surface area contributed by atoms with Crippen LogP contribution in [-0.4, -0.2) is 7.11 Å². The van der Waals surface area contributed by atoms with Gasteiger partial charge in [0.1, 0.15) is 5.75 Å². The Morgan fingerprint density at radius 3 is 2.32 bits per heavy atom. The predicted octanol–water partition coefficient (Wildman–Crippen LogP) is 4.29. The first-order valence-corrected chi connectivity index (χ1v) is 6.72. The molecule has 0 aliphatic heterocycles. The summed E-state index contributed by atoms with van der Waals surface area (Å²) >= 11 is 11.8. The second-order valence-corrected chi connectivity index (χ2v) is 5.06. The number of hydrogen-bond donors (Lipinski definition) is 1. The minimum Gasteiger partial charge on any atom is -0.496 e. The molecule has 2 rings (SSSR count). The standard InChI is InChI=1S/C15H15Cl2NO/c1-19-15-7-6-14(17)8-12(15)10-18-9-11-2-4-13(16)5-3-11/h2-8,18H,9-10H2,1H3. The zero-order chi connectivity index (χ0) is 13.7. The molecule has 4 heteroatoms. The molecule has 0 heterocycles. The predicted molar refractivity (Wildman–Crippen MR) is 80.0 cm³/mol. The number of halogens is 2.